The molecule has 0 aliphatic carbocycles. The lowest BCUT2D eigenvalue weighted by Gasteiger charge is -2.07. The van der Waals surface area contributed by atoms with Gasteiger partial charge < -0.3 is 9.47 Å². The molecule has 7 heteroatoms. The first-order valence-electron chi connectivity index (χ1n) is 8.21. The van der Waals surface area contributed by atoms with Gasteiger partial charge >= 0.3 is 5.97 Å². The Balaban J connectivity index is 1.60. The fourth-order valence-corrected chi connectivity index (χ4v) is 2.97. The van der Waals surface area contributed by atoms with Crippen LogP contribution in [0.5, 0.6) is 0 Å². The molecule has 0 saturated heterocycles. The third kappa shape index (κ3) is 6.95. The van der Waals surface area contributed by atoms with Crippen molar-refractivity contribution >= 4 is 16.1 Å². The van der Waals surface area contributed by atoms with Gasteiger partial charge in [0.05, 0.1) is 31.1 Å². The summed E-state index contributed by atoms with van der Waals surface area (Å²) in [6, 6.07) is 15.9. The molecule has 2 rings (SSSR count). The molecular weight excluding hydrogens is 356 g/mol. The maximum atomic E-state index is 12.0. The Kier molecular flexibility index (Phi) is 7.77. The van der Waals surface area contributed by atoms with Crippen LogP contribution in [-0.2, 0) is 35.2 Å². The molecule has 0 saturated carbocycles. The largest absolute Gasteiger partial charge is 0.463 e. The van der Waals surface area contributed by atoms with Crippen LogP contribution in [0.4, 0.5) is 0 Å². The number of hydrogen-bond donors (Lipinski definition) is 0. The van der Waals surface area contributed by atoms with Crippen molar-refractivity contribution in [1.29, 1.82) is 0 Å². The standard InChI is InChI=1S/C19H22O6S/c1-16-7-9-18(10-8-16)26(21,22)25-12-11-19(20)24-14-13-23-15-17-5-3-2-4-6-17/h2-10H,11-15H2,1H3. The number of hydrogen-bond acceptors (Lipinski definition) is 6. The van der Waals surface area contributed by atoms with Crippen molar-refractivity contribution in [2.45, 2.75) is 24.8 Å². The minimum atomic E-state index is -3.86. The number of benzene rings is 2. The predicted molar refractivity (Wildman–Crippen MR) is 96.0 cm³/mol. The van der Waals surface area contributed by atoms with Gasteiger partial charge in [-0.15, -0.1) is 0 Å². The highest BCUT2D eigenvalue weighted by atomic mass is 32.2. The molecular formula is C19H22O6S. The third-order valence-electron chi connectivity index (χ3n) is 3.46. The molecule has 0 heterocycles. The Morgan fingerprint density at radius 3 is 2.31 bits per heavy atom. The fourth-order valence-electron chi connectivity index (χ4n) is 2.06. The maximum Gasteiger partial charge on any atom is 0.308 e. The van der Waals surface area contributed by atoms with Crippen LogP contribution < -0.4 is 0 Å². The first-order chi connectivity index (χ1) is 12.5. The Bertz CT molecular complexity index is 785. The van der Waals surface area contributed by atoms with Gasteiger partial charge in [0, 0.05) is 0 Å². The molecule has 0 aliphatic heterocycles. The van der Waals surface area contributed by atoms with Crippen LogP contribution in [0.3, 0.4) is 0 Å². The minimum absolute atomic E-state index is 0.0609. The summed E-state index contributed by atoms with van der Waals surface area (Å²) in [5.41, 5.74) is 1.98. The van der Waals surface area contributed by atoms with Gasteiger partial charge in [-0.1, -0.05) is 48.0 Å². The second-order valence-electron chi connectivity index (χ2n) is 5.60. The van der Waals surface area contributed by atoms with E-state index in [0.717, 1.165) is 11.1 Å². The van der Waals surface area contributed by atoms with E-state index in [-0.39, 0.29) is 31.1 Å². The zero-order valence-electron chi connectivity index (χ0n) is 14.6. The lowest BCUT2D eigenvalue weighted by Crippen LogP contribution is -2.15. The molecule has 0 N–H and O–H groups in total. The van der Waals surface area contributed by atoms with Crippen molar-refractivity contribution in [2.75, 3.05) is 19.8 Å². The fraction of sp³-hybridized carbons (Fsp3) is 0.316. The van der Waals surface area contributed by atoms with Crippen molar-refractivity contribution in [1.82, 2.24) is 0 Å². The van der Waals surface area contributed by atoms with Crippen LogP contribution in [-0.4, -0.2) is 34.2 Å². The van der Waals surface area contributed by atoms with E-state index < -0.39 is 16.1 Å². The molecule has 26 heavy (non-hydrogen) atoms. The molecule has 0 atom stereocenters. The Morgan fingerprint density at radius 1 is 0.923 bits per heavy atom. The Labute approximate surface area is 153 Å². The molecule has 140 valence electrons. The highest BCUT2D eigenvalue weighted by Crippen LogP contribution is 2.13. The van der Waals surface area contributed by atoms with Gasteiger partial charge in [-0.3, -0.25) is 8.98 Å². The summed E-state index contributed by atoms with van der Waals surface area (Å²) in [7, 11) is -3.86. The topological polar surface area (TPSA) is 78.9 Å². The lowest BCUT2D eigenvalue weighted by atomic mass is 10.2. The molecule has 0 radical (unpaired) electrons. The monoisotopic (exact) mass is 378 g/mol. The summed E-state index contributed by atoms with van der Waals surface area (Å²) in [4.78, 5) is 11.7. The highest BCUT2D eigenvalue weighted by molar-refractivity contribution is 7.86. The van der Waals surface area contributed by atoms with Crippen LogP contribution in [0, 0.1) is 6.92 Å². The average Bonchev–Trinajstić information content (AvgIpc) is 2.62. The molecule has 0 amide bonds. The molecule has 2 aromatic carbocycles. The minimum Gasteiger partial charge on any atom is -0.463 e. The molecule has 6 nitrogen and oxygen atoms in total. The third-order valence-corrected chi connectivity index (χ3v) is 4.78. The number of esters is 1. The molecule has 0 aromatic heterocycles. The van der Waals surface area contributed by atoms with E-state index in [2.05, 4.69) is 0 Å². The van der Waals surface area contributed by atoms with Gasteiger partial charge in [0.25, 0.3) is 10.1 Å². The normalized spacial score (nSPS) is 11.3. The van der Waals surface area contributed by atoms with E-state index in [1.807, 2.05) is 37.3 Å². The number of carbonyl (C=O) groups is 1. The second kappa shape index (κ2) is 10.1. The number of carbonyl (C=O) groups excluding carboxylic acids is 1. The van der Waals surface area contributed by atoms with Crippen molar-refractivity contribution in [3.63, 3.8) is 0 Å². The lowest BCUT2D eigenvalue weighted by molar-refractivity contribution is -0.145. The summed E-state index contributed by atoms with van der Waals surface area (Å²) in [5, 5.41) is 0. The zero-order chi connectivity index (χ0) is 18.8. The summed E-state index contributed by atoms with van der Waals surface area (Å²) in [6.45, 7) is 2.41. The summed E-state index contributed by atoms with van der Waals surface area (Å²) >= 11 is 0. The number of aryl methyl sites for hydroxylation is 1. The van der Waals surface area contributed by atoms with E-state index >= 15 is 0 Å². The molecule has 0 unspecified atom stereocenters. The first kappa shape index (κ1) is 20.1. The smallest absolute Gasteiger partial charge is 0.308 e. The van der Waals surface area contributed by atoms with E-state index in [1.54, 1.807) is 12.1 Å². The highest BCUT2D eigenvalue weighted by Gasteiger charge is 2.15. The quantitative estimate of drug-likeness (QED) is 0.359. The molecule has 0 fully saturated rings. The van der Waals surface area contributed by atoms with Crippen LogP contribution in [0.15, 0.2) is 59.5 Å². The molecule has 0 aliphatic rings. The van der Waals surface area contributed by atoms with Crippen LogP contribution in [0.2, 0.25) is 0 Å². The van der Waals surface area contributed by atoms with E-state index in [0.29, 0.717) is 6.61 Å². The SMILES string of the molecule is Cc1ccc(S(=O)(=O)OCCC(=O)OCCOCc2ccccc2)cc1. The van der Waals surface area contributed by atoms with E-state index in [4.69, 9.17) is 13.7 Å². The number of ether oxygens (including phenoxy) is 2. The van der Waals surface area contributed by atoms with Gasteiger partial charge in [0.1, 0.15) is 6.61 Å². The molecule has 2 aromatic rings. The predicted octanol–water partition coefficient (Wildman–Crippen LogP) is 2.85. The first-order valence-corrected chi connectivity index (χ1v) is 9.61. The van der Waals surface area contributed by atoms with Gasteiger partial charge in [-0.25, -0.2) is 0 Å². The molecule has 0 spiro atoms. The summed E-state index contributed by atoms with van der Waals surface area (Å²) in [5.74, 6) is -0.535. The van der Waals surface area contributed by atoms with Crippen molar-refractivity contribution in [3.05, 3.63) is 65.7 Å². The second-order valence-corrected chi connectivity index (χ2v) is 7.21. The van der Waals surface area contributed by atoms with Gasteiger partial charge in [-0.2, -0.15) is 8.42 Å². The summed E-state index contributed by atoms with van der Waals surface area (Å²) < 4.78 is 39.1. The molecule has 0 bridgehead atoms. The van der Waals surface area contributed by atoms with Crippen LogP contribution in [0.25, 0.3) is 0 Å². The Morgan fingerprint density at radius 2 is 1.62 bits per heavy atom. The van der Waals surface area contributed by atoms with Crippen molar-refractivity contribution in [3.8, 4) is 0 Å². The number of rotatable bonds is 10. The van der Waals surface area contributed by atoms with Crippen molar-refractivity contribution in [2.24, 2.45) is 0 Å². The van der Waals surface area contributed by atoms with Crippen molar-refractivity contribution < 1.29 is 26.9 Å². The Hall–Kier alpha value is -2.22. The van der Waals surface area contributed by atoms with Gasteiger partial charge in [0.15, 0.2) is 0 Å². The van der Waals surface area contributed by atoms with Gasteiger partial charge in [-0.05, 0) is 24.6 Å². The average molecular weight is 378 g/mol. The maximum absolute atomic E-state index is 12.0. The van der Waals surface area contributed by atoms with Gasteiger partial charge in [0.2, 0.25) is 0 Å². The van der Waals surface area contributed by atoms with Crippen LogP contribution >= 0.6 is 0 Å². The zero-order valence-corrected chi connectivity index (χ0v) is 15.4. The van der Waals surface area contributed by atoms with Crippen LogP contribution in [0.1, 0.15) is 17.5 Å². The van der Waals surface area contributed by atoms with E-state index in [9.17, 15) is 13.2 Å². The van der Waals surface area contributed by atoms with E-state index in [1.165, 1.54) is 12.1 Å². The summed E-state index contributed by atoms with van der Waals surface area (Å²) in [6.07, 6.45) is -0.149.